The summed E-state index contributed by atoms with van der Waals surface area (Å²) in [6, 6.07) is 1.77. The molecule has 1 aromatic heterocycles. The Morgan fingerprint density at radius 3 is 2.71 bits per heavy atom. The molecule has 1 aliphatic carbocycles. The number of hydrogen-bond acceptors (Lipinski definition) is 2. The van der Waals surface area contributed by atoms with E-state index < -0.39 is 0 Å². The van der Waals surface area contributed by atoms with Gasteiger partial charge in [-0.3, -0.25) is 9.59 Å². The second-order valence-corrected chi connectivity index (χ2v) is 8.04. The summed E-state index contributed by atoms with van der Waals surface area (Å²) < 4.78 is 0. The molecule has 114 valence electrons. The van der Waals surface area contributed by atoms with Crippen molar-refractivity contribution in [1.82, 2.24) is 9.88 Å². The number of aromatic amines is 1. The predicted octanol–water partition coefficient (Wildman–Crippen LogP) is 2.72. The molecule has 2 unspecified atom stereocenters. The molecule has 2 fully saturated rings. The van der Waals surface area contributed by atoms with Crippen molar-refractivity contribution >= 4 is 5.91 Å². The van der Waals surface area contributed by atoms with Gasteiger partial charge in [0.25, 0.3) is 5.91 Å². The molecule has 0 radical (unpaired) electrons. The molecule has 1 amide bonds. The van der Waals surface area contributed by atoms with E-state index in [2.05, 4.69) is 25.8 Å². The Balaban J connectivity index is 1.91. The molecule has 4 nitrogen and oxygen atoms in total. The van der Waals surface area contributed by atoms with Gasteiger partial charge in [-0.25, -0.2) is 0 Å². The average molecular weight is 288 g/mol. The van der Waals surface area contributed by atoms with E-state index in [9.17, 15) is 9.59 Å². The lowest BCUT2D eigenvalue weighted by Gasteiger charge is -2.39. The summed E-state index contributed by atoms with van der Waals surface area (Å²) in [6.45, 7) is 9.43. The van der Waals surface area contributed by atoms with Crippen LogP contribution in [0.25, 0.3) is 0 Å². The number of carbonyl (C=O) groups is 1. The molecule has 1 saturated heterocycles. The summed E-state index contributed by atoms with van der Waals surface area (Å²) in [7, 11) is 0. The zero-order valence-electron chi connectivity index (χ0n) is 13.3. The number of carbonyl (C=O) groups excluding carboxylic acids is 1. The fourth-order valence-corrected chi connectivity index (χ4v) is 4.59. The summed E-state index contributed by atoms with van der Waals surface area (Å²) in [5.74, 6) is -0.109. The summed E-state index contributed by atoms with van der Waals surface area (Å²) in [4.78, 5) is 29.8. The molecule has 1 aliphatic heterocycles. The highest BCUT2D eigenvalue weighted by Gasteiger charge is 2.51. The Kier molecular flexibility index (Phi) is 3.05. The van der Waals surface area contributed by atoms with Crippen molar-refractivity contribution in [2.24, 2.45) is 10.8 Å². The topological polar surface area (TPSA) is 53.2 Å². The normalized spacial score (nSPS) is 30.5. The van der Waals surface area contributed by atoms with Crippen LogP contribution in [0, 0.1) is 17.8 Å². The van der Waals surface area contributed by atoms with Crippen LogP contribution in [0.1, 0.15) is 56.1 Å². The largest absolute Gasteiger partial charge is 0.364 e. The lowest BCUT2D eigenvalue weighted by molar-refractivity contribution is 0.0706. The van der Waals surface area contributed by atoms with Gasteiger partial charge in [-0.15, -0.1) is 0 Å². The third-order valence-electron chi connectivity index (χ3n) is 4.96. The van der Waals surface area contributed by atoms with E-state index in [4.69, 9.17) is 0 Å². The van der Waals surface area contributed by atoms with Crippen LogP contribution in [0.3, 0.4) is 0 Å². The smallest absolute Gasteiger partial charge is 0.259 e. The number of nitrogens with zero attached hydrogens (tertiary/aromatic N) is 1. The Labute approximate surface area is 125 Å². The molecule has 1 aromatic rings. The van der Waals surface area contributed by atoms with Gasteiger partial charge in [0.15, 0.2) is 5.43 Å². The summed E-state index contributed by atoms with van der Waals surface area (Å²) in [5, 5.41) is 0. The van der Waals surface area contributed by atoms with Crippen LogP contribution in [0.15, 0.2) is 17.1 Å². The van der Waals surface area contributed by atoms with Crippen molar-refractivity contribution in [3.63, 3.8) is 0 Å². The van der Waals surface area contributed by atoms with Crippen LogP contribution in [0.5, 0.6) is 0 Å². The molecule has 3 rings (SSSR count). The standard InChI is InChI=1S/C17H24N2O2/c1-11-5-14(20)13(8-18-11)15(21)19-10-17(4)7-12(19)6-16(2,3)9-17/h5,8,12H,6-7,9-10H2,1-4H3,(H,18,20). The quantitative estimate of drug-likeness (QED) is 0.864. The number of nitrogens with one attached hydrogen (secondary N) is 1. The van der Waals surface area contributed by atoms with E-state index in [0.717, 1.165) is 31.5 Å². The maximum atomic E-state index is 12.8. The van der Waals surface area contributed by atoms with E-state index in [-0.39, 0.29) is 33.8 Å². The number of hydrogen-bond donors (Lipinski definition) is 1. The first-order chi connectivity index (χ1) is 9.69. The maximum absolute atomic E-state index is 12.8. The number of aromatic nitrogens is 1. The minimum absolute atomic E-state index is 0.109. The van der Waals surface area contributed by atoms with Crippen molar-refractivity contribution in [2.45, 2.75) is 53.0 Å². The first kappa shape index (κ1) is 14.4. The van der Waals surface area contributed by atoms with Gasteiger partial charge in [0.1, 0.15) is 5.56 Å². The average Bonchev–Trinajstić information content (AvgIpc) is 2.57. The second-order valence-electron chi connectivity index (χ2n) is 8.04. The van der Waals surface area contributed by atoms with Gasteiger partial charge < -0.3 is 9.88 Å². The van der Waals surface area contributed by atoms with Gasteiger partial charge in [0, 0.05) is 30.5 Å². The Hall–Kier alpha value is -1.58. The van der Waals surface area contributed by atoms with Gasteiger partial charge in [0.05, 0.1) is 0 Å². The molecule has 1 saturated carbocycles. The Morgan fingerprint density at radius 1 is 1.33 bits per heavy atom. The van der Waals surface area contributed by atoms with Crippen molar-refractivity contribution in [3.8, 4) is 0 Å². The molecule has 21 heavy (non-hydrogen) atoms. The van der Waals surface area contributed by atoms with E-state index in [1.54, 1.807) is 6.20 Å². The summed E-state index contributed by atoms with van der Waals surface area (Å²) in [5.41, 5.74) is 1.34. The van der Waals surface area contributed by atoms with Gasteiger partial charge in [-0.1, -0.05) is 20.8 Å². The Morgan fingerprint density at radius 2 is 2.05 bits per heavy atom. The lowest BCUT2D eigenvalue weighted by atomic mass is 9.65. The van der Waals surface area contributed by atoms with Crippen LogP contribution in [0.2, 0.25) is 0 Å². The van der Waals surface area contributed by atoms with Crippen LogP contribution in [-0.2, 0) is 0 Å². The molecule has 1 N–H and O–H groups in total. The van der Waals surface area contributed by atoms with Crippen LogP contribution >= 0.6 is 0 Å². The zero-order chi connectivity index (χ0) is 15.4. The Bertz CT molecular complexity index is 646. The van der Waals surface area contributed by atoms with Crippen LogP contribution in [-0.4, -0.2) is 28.4 Å². The number of H-pyrrole nitrogens is 1. The summed E-state index contributed by atoms with van der Waals surface area (Å²) >= 11 is 0. The predicted molar refractivity (Wildman–Crippen MR) is 82.4 cm³/mol. The number of fused-ring (bicyclic) bond motifs is 2. The minimum atomic E-state index is -0.179. The molecular weight excluding hydrogens is 264 g/mol. The third kappa shape index (κ3) is 2.52. The second kappa shape index (κ2) is 4.46. The number of likely N-dealkylation sites (tertiary alicyclic amines) is 1. The summed E-state index contributed by atoms with van der Waals surface area (Å²) in [6.07, 6.45) is 4.80. The molecule has 0 spiro atoms. The van der Waals surface area contributed by atoms with Crippen molar-refractivity contribution in [2.75, 3.05) is 6.54 Å². The maximum Gasteiger partial charge on any atom is 0.259 e. The van der Waals surface area contributed by atoms with Gasteiger partial charge in [-0.2, -0.15) is 0 Å². The number of rotatable bonds is 1. The SMILES string of the molecule is Cc1cc(=O)c(C(=O)N2CC3(C)CC2CC(C)(C)C3)c[nH]1. The van der Waals surface area contributed by atoms with Gasteiger partial charge >= 0.3 is 0 Å². The molecule has 2 heterocycles. The van der Waals surface area contributed by atoms with Crippen molar-refractivity contribution < 1.29 is 4.79 Å². The number of amides is 1. The van der Waals surface area contributed by atoms with Gasteiger partial charge in [0.2, 0.25) is 0 Å². The molecular formula is C17H24N2O2. The number of pyridine rings is 1. The molecule has 4 heteroatoms. The monoisotopic (exact) mass is 288 g/mol. The van der Waals surface area contributed by atoms with Crippen LogP contribution in [0.4, 0.5) is 0 Å². The lowest BCUT2D eigenvalue weighted by Crippen LogP contribution is -2.39. The molecule has 0 aromatic carbocycles. The minimum Gasteiger partial charge on any atom is -0.364 e. The highest BCUT2D eigenvalue weighted by atomic mass is 16.2. The fraction of sp³-hybridized carbons (Fsp3) is 0.647. The third-order valence-corrected chi connectivity index (χ3v) is 4.96. The molecule has 2 bridgehead atoms. The van der Waals surface area contributed by atoms with Crippen LogP contribution < -0.4 is 5.43 Å². The molecule has 2 atom stereocenters. The first-order valence-corrected chi connectivity index (χ1v) is 7.70. The van der Waals surface area contributed by atoms with Crippen molar-refractivity contribution in [3.05, 3.63) is 33.7 Å². The molecule has 2 aliphatic rings. The zero-order valence-corrected chi connectivity index (χ0v) is 13.3. The number of aryl methyl sites for hydroxylation is 1. The highest BCUT2D eigenvalue weighted by molar-refractivity contribution is 5.94. The fourth-order valence-electron chi connectivity index (χ4n) is 4.59. The first-order valence-electron chi connectivity index (χ1n) is 7.70. The van der Waals surface area contributed by atoms with Gasteiger partial charge in [-0.05, 0) is 37.0 Å². The van der Waals surface area contributed by atoms with E-state index in [1.165, 1.54) is 6.07 Å². The van der Waals surface area contributed by atoms with E-state index >= 15 is 0 Å². The van der Waals surface area contributed by atoms with E-state index in [1.807, 2.05) is 11.8 Å². The highest BCUT2D eigenvalue weighted by Crippen LogP contribution is 2.52. The van der Waals surface area contributed by atoms with Crippen molar-refractivity contribution in [1.29, 1.82) is 0 Å². The van der Waals surface area contributed by atoms with E-state index in [0.29, 0.717) is 0 Å².